The molecule has 1 heterocycles. The van der Waals surface area contributed by atoms with E-state index >= 15 is 0 Å². The van der Waals surface area contributed by atoms with Gasteiger partial charge in [0.25, 0.3) is 0 Å². The predicted molar refractivity (Wildman–Crippen MR) is 125 cm³/mol. The zero-order valence-corrected chi connectivity index (χ0v) is 19.1. The normalized spacial score (nSPS) is 11.8. The summed E-state index contributed by atoms with van der Waals surface area (Å²) in [6.45, 7) is 0.946. The maximum atomic E-state index is 14.5. The third kappa shape index (κ3) is 6.91. The van der Waals surface area contributed by atoms with E-state index < -0.39 is 15.8 Å². The van der Waals surface area contributed by atoms with Gasteiger partial charge in [-0.2, -0.15) is 4.31 Å². The van der Waals surface area contributed by atoms with Crippen LogP contribution in [0.2, 0.25) is 0 Å². The number of aromatic nitrogens is 2. The minimum atomic E-state index is -3.38. The van der Waals surface area contributed by atoms with Gasteiger partial charge >= 0.3 is 0 Å². The summed E-state index contributed by atoms with van der Waals surface area (Å²) in [6, 6.07) is 17.3. The molecule has 0 aliphatic carbocycles. The lowest BCUT2D eigenvalue weighted by Gasteiger charge is -2.20. The fraction of sp³-hybridized carbons (Fsp3) is 0.333. The topological polar surface area (TPSA) is 89.2 Å². The molecule has 0 amide bonds. The van der Waals surface area contributed by atoms with Crippen LogP contribution in [-0.2, 0) is 29.4 Å². The summed E-state index contributed by atoms with van der Waals surface area (Å²) in [5.41, 5.74) is 8.36. The molecule has 6 nitrogen and oxygen atoms in total. The van der Waals surface area contributed by atoms with Gasteiger partial charge in [0.05, 0.1) is 12.5 Å². The molecule has 0 spiro atoms. The number of hydrogen-bond acceptors (Lipinski definition) is 5. The van der Waals surface area contributed by atoms with Crippen molar-refractivity contribution in [1.29, 1.82) is 0 Å². The van der Waals surface area contributed by atoms with Crippen molar-refractivity contribution in [3.8, 4) is 11.3 Å². The molecule has 0 aliphatic heterocycles. The van der Waals surface area contributed by atoms with Crippen molar-refractivity contribution in [2.75, 3.05) is 19.3 Å². The van der Waals surface area contributed by atoms with Crippen LogP contribution in [0.3, 0.4) is 0 Å². The highest BCUT2D eigenvalue weighted by atomic mass is 32.2. The van der Waals surface area contributed by atoms with Crippen LogP contribution in [0.1, 0.15) is 29.8 Å². The van der Waals surface area contributed by atoms with Gasteiger partial charge in [-0.05, 0) is 43.0 Å². The second-order valence-electron chi connectivity index (χ2n) is 7.76. The van der Waals surface area contributed by atoms with Gasteiger partial charge < -0.3 is 5.73 Å². The largest absolute Gasteiger partial charge is 0.330 e. The molecule has 0 unspecified atom stereocenters. The molecule has 0 bridgehead atoms. The summed E-state index contributed by atoms with van der Waals surface area (Å²) in [5, 5.41) is 0. The fourth-order valence-corrected chi connectivity index (χ4v) is 4.32. The van der Waals surface area contributed by atoms with Crippen LogP contribution in [0.25, 0.3) is 11.3 Å². The van der Waals surface area contributed by atoms with Gasteiger partial charge in [-0.25, -0.2) is 22.8 Å². The zero-order chi connectivity index (χ0) is 23.0. The fourth-order valence-electron chi connectivity index (χ4n) is 3.47. The molecule has 3 rings (SSSR count). The van der Waals surface area contributed by atoms with E-state index in [1.165, 1.54) is 22.3 Å². The van der Waals surface area contributed by atoms with E-state index in [9.17, 15) is 12.8 Å². The Labute approximate surface area is 189 Å². The Morgan fingerprint density at radius 3 is 2.47 bits per heavy atom. The third-order valence-electron chi connectivity index (χ3n) is 5.14. The van der Waals surface area contributed by atoms with Crippen LogP contribution in [0.5, 0.6) is 0 Å². The maximum Gasteiger partial charge on any atom is 0.211 e. The summed E-state index contributed by atoms with van der Waals surface area (Å²) in [4.78, 5) is 8.60. The molecule has 0 atom stereocenters. The smallest absolute Gasteiger partial charge is 0.211 e. The van der Waals surface area contributed by atoms with Crippen molar-refractivity contribution < 1.29 is 12.8 Å². The van der Waals surface area contributed by atoms with Gasteiger partial charge in [0, 0.05) is 25.1 Å². The first kappa shape index (κ1) is 24.0. The molecule has 32 heavy (non-hydrogen) atoms. The van der Waals surface area contributed by atoms with Crippen molar-refractivity contribution in [3.05, 3.63) is 83.6 Å². The van der Waals surface area contributed by atoms with Gasteiger partial charge in [-0.3, -0.25) is 0 Å². The number of benzene rings is 2. The van der Waals surface area contributed by atoms with Crippen LogP contribution in [0, 0.1) is 5.82 Å². The highest BCUT2D eigenvalue weighted by Gasteiger charge is 2.17. The molecule has 1 aromatic heterocycles. The number of rotatable bonds is 11. The Balaban J connectivity index is 1.75. The molecule has 2 aromatic carbocycles. The van der Waals surface area contributed by atoms with Gasteiger partial charge in [-0.1, -0.05) is 48.5 Å². The summed E-state index contributed by atoms with van der Waals surface area (Å²) in [7, 11) is -3.38. The van der Waals surface area contributed by atoms with E-state index in [1.807, 2.05) is 24.3 Å². The van der Waals surface area contributed by atoms with Gasteiger partial charge in [-0.15, -0.1) is 0 Å². The molecule has 0 fully saturated rings. The average Bonchev–Trinajstić information content (AvgIpc) is 2.78. The number of hydrogen-bond donors (Lipinski definition) is 1. The number of nitrogens with zero attached hydrogens (tertiary/aromatic N) is 3. The van der Waals surface area contributed by atoms with E-state index in [-0.39, 0.29) is 12.2 Å². The van der Waals surface area contributed by atoms with Crippen LogP contribution in [-0.4, -0.2) is 42.0 Å². The molecule has 2 N–H and O–H groups in total. The second kappa shape index (κ2) is 11.3. The number of sulfonamides is 1. The standard InChI is InChI=1S/C24H29FN4O2S/c1-32(30,31)29(15-7-14-26)18-20-11-5-12-21(16-20)24-22(25)17-27-23(28-24)13-6-10-19-8-3-2-4-9-19/h2-5,8-9,11-12,16-17H,6-7,10,13-15,18,26H2,1H3. The maximum absolute atomic E-state index is 14.5. The number of halogens is 1. The molecule has 8 heteroatoms. The van der Waals surface area contributed by atoms with E-state index in [0.29, 0.717) is 37.3 Å². The highest BCUT2D eigenvalue weighted by Crippen LogP contribution is 2.23. The minimum Gasteiger partial charge on any atom is -0.330 e. The van der Waals surface area contributed by atoms with E-state index in [4.69, 9.17) is 5.73 Å². The summed E-state index contributed by atoms with van der Waals surface area (Å²) in [6.07, 6.45) is 5.36. The molecule has 0 radical (unpaired) electrons. The molecule has 0 aliphatic rings. The summed E-state index contributed by atoms with van der Waals surface area (Å²) in [5.74, 6) is 0.0838. The lowest BCUT2D eigenvalue weighted by molar-refractivity contribution is 0.405. The van der Waals surface area contributed by atoms with E-state index in [0.717, 1.165) is 18.4 Å². The Morgan fingerprint density at radius 1 is 1.00 bits per heavy atom. The Hall–Kier alpha value is -2.68. The van der Waals surface area contributed by atoms with Crippen LogP contribution in [0.15, 0.2) is 60.8 Å². The van der Waals surface area contributed by atoms with Gasteiger partial charge in [0.2, 0.25) is 10.0 Å². The quantitative estimate of drug-likeness (QED) is 0.476. The molecular weight excluding hydrogens is 427 g/mol. The van der Waals surface area contributed by atoms with Crippen molar-refractivity contribution >= 4 is 10.0 Å². The number of aryl methyl sites for hydroxylation is 2. The molecule has 3 aromatic rings. The first-order valence-electron chi connectivity index (χ1n) is 10.7. The molecule has 0 saturated heterocycles. The monoisotopic (exact) mass is 456 g/mol. The Kier molecular flexibility index (Phi) is 8.44. The van der Waals surface area contributed by atoms with Gasteiger partial charge in [0.15, 0.2) is 5.82 Å². The molecular formula is C24H29FN4O2S. The average molecular weight is 457 g/mol. The lowest BCUT2D eigenvalue weighted by Crippen LogP contribution is -2.31. The Morgan fingerprint density at radius 2 is 1.75 bits per heavy atom. The van der Waals surface area contributed by atoms with E-state index in [1.54, 1.807) is 18.2 Å². The Bertz CT molecular complexity index is 1120. The van der Waals surface area contributed by atoms with Crippen LogP contribution in [0.4, 0.5) is 4.39 Å². The summed E-state index contributed by atoms with van der Waals surface area (Å²) < 4.78 is 40.1. The second-order valence-corrected chi connectivity index (χ2v) is 9.74. The van der Waals surface area contributed by atoms with Crippen molar-refractivity contribution in [2.45, 2.75) is 32.2 Å². The lowest BCUT2D eigenvalue weighted by atomic mass is 10.1. The first-order valence-corrected chi connectivity index (χ1v) is 12.5. The van der Waals surface area contributed by atoms with Crippen molar-refractivity contribution in [1.82, 2.24) is 14.3 Å². The first-order chi connectivity index (χ1) is 15.4. The SMILES string of the molecule is CS(=O)(=O)N(CCCN)Cc1cccc(-c2nc(CCCc3ccccc3)ncc2F)c1. The van der Waals surface area contributed by atoms with Crippen molar-refractivity contribution in [3.63, 3.8) is 0 Å². The number of nitrogens with two attached hydrogens (primary N) is 1. The van der Waals surface area contributed by atoms with E-state index in [2.05, 4.69) is 22.1 Å². The molecule has 170 valence electrons. The van der Waals surface area contributed by atoms with Crippen LogP contribution < -0.4 is 5.73 Å². The zero-order valence-electron chi connectivity index (χ0n) is 18.2. The summed E-state index contributed by atoms with van der Waals surface area (Å²) >= 11 is 0. The molecule has 0 saturated carbocycles. The third-order valence-corrected chi connectivity index (χ3v) is 6.39. The van der Waals surface area contributed by atoms with Crippen molar-refractivity contribution in [2.24, 2.45) is 5.73 Å². The highest BCUT2D eigenvalue weighted by molar-refractivity contribution is 7.88. The predicted octanol–water partition coefficient (Wildman–Crippen LogP) is 3.57. The van der Waals surface area contributed by atoms with Crippen LogP contribution >= 0.6 is 0 Å². The van der Waals surface area contributed by atoms with Gasteiger partial charge in [0.1, 0.15) is 11.5 Å². The minimum absolute atomic E-state index is 0.198.